The van der Waals surface area contributed by atoms with E-state index < -0.39 is 0 Å². The third kappa shape index (κ3) is 5.14. The molecule has 3 rings (SSSR count). The second kappa shape index (κ2) is 8.61. The average Bonchev–Trinajstić information content (AvgIpc) is 3.11. The molecular weight excluding hydrogens is 330 g/mol. The lowest BCUT2D eigenvalue weighted by Gasteiger charge is -2.38. The van der Waals surface area contributed by atoms with Crippen LogP contribution in [0.1, 0.15) is 22.7 Å². The Morgan fingerprint density at radius 3 is 2.72 bits per heavy atom. The molecule has 1 aliphatic rings. The summed E-state index contributed by atoms with van der Waals surface area (Å²) in [5.41, 5.74) is 3.58. The maximum absolute atomic E-state index is 12.4. The van der Waals surface area contributed by atoms with E-state index in [9.17, 15) is 4.79 Å². The van der Waals surface area contributed by atoms with Crippen LogP contribution in [-0.2, 0) is 11.2 Å². The van der Waals surface area contributed by atoms with Gasteiger partial charge in [0.25, 0.3) is 0 Å². The molecule has 0 unspecified atom stereocenters. The predicted molar refractivity (Wildman–Crippen MR) is 104 cm³/mol. The van der Waals surface area contributed by atoms with Crippen molar-refractivity contribution in [3.63, 3.8) is 0 Å². The molecule has 1 saturated heterocycles. The van der Waals surface area contributed by atoms with Gasteiger partial charge in [0.1, 0.15) is 0 Å². The van der Waals surface area contributed by atoms with Crippen molar-refractivity contribution in [1.82, 2.24) is 15.1 Å². The van der Waals surface area contributed by atoms with Crippen molar-refractivity contribution in [1.29, 1.82) is 0 Å². The van der Waals surface area contributed by atoms with Crippen LogP contribution in [-0.4, -0.2) is 55.5 Å². The Bertz CT molecular complexity index is 678. The van der Waals surface area contributed by atoms with Crippen LogP contribution in [0, 0.1) is 6.92 Å². The van der Waals surface area contributed by atoms with Crippen molar-refractivity contribution in [2.24, 2.45) is 0 Å². The minimum atomic E-state index is 0.0972. The molecule has 134 valence electrons. The third-order valence-electron chi connectivity index (χ3n) is 4.85. The highest BCUT2D eigenvalue weighted by Crippen LogP contribution is 2.23. The first-order valence-corrected chi connectivity index (χ1v) is 9.83. The van der Waals surface area contributed by atoms with Gasteiger partial charge in [-0.1, -0.05) is 29.8 Å². The number of likely N-dealkylation sites (N-methyl/N-ethyl adjacent to an activating group) is 1. The molecule has 1 aliphatic heterocycles. The molecule has 25 heavy (non-hydrogen) atoms. The van der Waals surface area contributed by atoms with Crippen LogP contribution < -0.4 is 5.32 Å². The minimum absolute atomic E-state index is 0.0972. The van der Waals surface area contributed by atoms with E-state index in [0.717, 1.165) is 31.7 Å². The summed E-state index contributed by atoms with van der Waals surface area (Å²) in [6.07, 6.45) is 0.445. The third-order valence-corrected chi connectivity index (χ3v) is 5.55. The molecule has 0 spiro atoms. The number of nitrogens with one attached hydrogen (secondary N) is 1. The lowest BCUT2D eigenvalue weighted by Crippen LogP contribution is -2.48. The summed E-state index contributed by atoms with van der Waals surface area (Å²) < 4.78 is 0. The number of hydrogen-bond acceptors (Lipinski definition) is 4. The highest BCUT2D eigenvalue weighted by Gasteiger charge is 2.24. The van der Waals surface area contributed by atoms with Gasteiger partial charge in [0.05, 0.1) is 12.5 Å². The molecule has 1 aromatic heterocycles. The van der Waals surface area contributed by atoms with Crippen molar-refractivity contribution in [3.8, 4) is 0 Å². The van der Waals surface area contributed by atoms with Gasteiger partial charge in [-0.25, -0.2) is 0 Å². The zero-order chi connectivity index (χ0) is 17.6. The summed E-state index contributed by atoms with van der Waals surface area (Å²) in [5.74, 6) is 0.0972. The van der Waals surface area contributed by atoms with Gasteiger partial charge >= 0.3 is 0 Å². The number of carbonyl (C=O) groups is 1. The van der Waals surface area contributed by atoms with Gasteiger partial charge in [-0.3, -0.25) is 9.69 Å². The van der Waals surface area contributed by atoms with E-state index in [1.807, 2.05) is 12.1 Å². The van der Waals surface area contributed by atoms with Gasteiger partial charge < -0.3 is 10.2 Å². The molecule has 0 saturated carbocycles. The highest BCUT2D eigenvalue weighted by atomic mass is 32.1. The first kappa shape index (κ1) is 18.1. The molecule has 5 heteroatoms. The number of thiophene rings is 1. The largest absolute Gasteiger partial charge is 0.354 e. The van der Waals surface area contributed by atoms with Gasteiger partial charge in [-0.05, 0) is 41.9 Å². The molecule has 4 nitrogen and oxygen atoms in total. The van der Waals surface area contributed by atoms with Crippen molar-refractivity contribution in [2.75, 3.05) is 39.8 Å². The summed E-state index contributed by atoms with van der Waals surface area (Å²) in [6.45, 7) is 6.98. The molecule has 1 fully saturated rings. The fourth-order valence-electron chi connectivity index (χ4n) is 3.34. The summed E-state index contributed by atoms with van der Waals surface area (Å²) in [7, 11) is 2.17. The summed E-state index contributed by atoms with van der Waals surface area (Å²) >= 11 is 1.72. The van der Waals surface area contributed by atoms with E-state index in [2.05, 4.69) is 58.0 Å². The number of piperazine rings is 1. The number of amides is 1. The summed E-state index contributed by atoms with van der Waals surface area (Å²) in [5, 5.41) is 7.48. The fraction of sp³-hybridized carbons (Fsp3) is 0.450. The number of carbonyl (C=O) groups excluding carboxylic acids is 1. The zero-order valence-electron chi connectivity index (χ0n) is 15.1. The van der Waals surface area contributed by atoms with Crippen molar-refractivity contribution >= 4 is 17.2 Å². The monoisotopic (exact) mass is 357 g/mol. The zero-order valence-corrected chi connectivity index (χ0v) is 15.9. The average molecular weight is 358 g/mol. The van der Waals surface area contributed by atoms with Crippen LogP contribution in [0.3, 0.4) is 0 Å². The molecule has 0 aliphatic carbocycles. The Balaban J connectivity index is 1.59. The van der Waals surface area contributed by atoms with Gasteiger partial charge in [0.15, 0.2) is 0 Å². The molecule has 1 aromatic carbocycles. The van der Waals surface area contributed by atoms with E-state index in [1.165, 1.54) is 11.1 Å². The van der Waals surface area contributed by atoms with Gasteiger partial charge in [-0.2, -0.15) is 11.3 Å². The van der Waals surface area contributed by atoms with E-state index in [0.29, 0.717) is 13.0 Å². The van der Waals surface area contributed by atoms with Crippen LogP contribution in [0.25, 0.3) is 0 Å². The van der Waals surface area contributed by atoms with Crippen LogP contribution in [0.5, 0.6) is 0 Å². The number of hydrogen-bond donors (Lipinski definition) is 1. The van der Waals surface area contributed by atoms with Crippen molar-refractivity contribution in [2.45, 2.75) is 19.4 Å². The SMILES string of the molecule is Cc1cccc(CC(=O)NC[C@H](c2ccsc2)N2CCN(C)CC2)c1. The summed E-state index contributed by atoms with van der Waals surface area (Å²) in [6, 6.07) is 10.6. The second-order valence-corrected chi connectivity index (χ2v) is 7.66. The molecule has 2 aromatic rings. The Morgan fingerprint density at radius 1 is 1.24 bits per heavy atom. The van der Waals surface area contributed by atoms with Crippen molar-refractivity contribution in [3.05, 3.63) is 57.8 Å². The van der Waals surface area contributed by atoms with Crippen LogP contribution in [0.4, 0.5) is 0 Å². The lowest BCUT2D eigenvalue weighted by atomic mass is 10.1. The number of aryl methyl sites for hydroxylation is 1. The highest BCUT2D eigenvalue weighted by molar-refractivity contribution is 7.07. The van der Waals surface area contributed by atoms with E-state index in [1.54, 1.807) is 11.3 Å². The number of benzene rings is 1. The van der Waals surface area contributed by atoms with Crippen LogP contribution >= 0.6 is 11.3 Å². The fourth-order valence-corrected chi connectivity index (χ4v) is 4.04. The smallest absolute Gasteiger partial charge is 0.224 e. The molecule has 2 heterocycles. The maximum Gasteiger partial charge on any atom is 0.224 e. The first-order valence-electron chi connectivity index (χ1n) is 8.89. The van der Waals surface area contributed by atoms with Crippen molar-refractivity contribution < 1.29 is 4.79 Å². The van der Waals surface area contributed by atoms with Gasteiger partial charge in [-0.15, -0.1) is 0 Å². The summed E-state index contributed by atoms with van der Waals surface area (Å²) in [4.78, 5) is 17.3. The molecule has 1 amide bonds. The van der Waals surface area contributed by atoms with Gasteiger partial charge in [0.2, 0.25) is 5.91 Å². The van der Waals surface area contributed by atoms with Crippen LogP contribution in [0.2, 0.25) is 0 Å². The Kier molecular flexibility index (Phi) is 6.24. The molecule has 1 atom stereocenters. The number of nitrogens with zero attached hydrogens (tertiary/aromatic N) is 2. The Morgan fingerprint density at radius 2 is 2.04 bits per heavy atom. The molecule has 1 N–H and O–H groups in total. The maximum atomic E-state index is 12.4. The van der Waals surface area contributed by atoms with E-state index in [4.69, 9.17) is 0 Å². The second-order valence-electron chi connectivity index (χ2n) is 6.88. The predicted octanol–water partition coefficient (Wildman–Crippen LogP) is 2.70. The minimum Gasteiger partial charge on any atom is -0.354 e. The van der Waals surface area contributed by atoms with E-state index in [-0.39, 0.29) is 11.9 Å². The quantitative estimate of drug-likeness (QED) is 0.863. The lowest BCUT2D eigenvalue weighted by molar-refractivity contribution is -0.120. The standard InChI is InChI=1S/C20H27N3OS/c1-16-4-3-5-17(12-16)13-20(24)21-14-19(18-6-11-25-15-18)23-9-7-22(2)8-10-23/h3-6,11-12,15,19H,7-10,13-14H2,1-2H3,(H,21,24)/t19-/m1/s1. The van der Waals surface area contributed by atoms with Crippen LogP contribution in [0.15, 0.2) is 41.1 Å². The topological polar surface area (TPSA) is 35.6 Å². The molecule has 0 bridgehead atoms. The Labute approximate surface area is 154 Å². The first-order chi connectivity index (χ1) is 12.1. The number of rotatable bonds is 6. The molecular formula is C20H27N3OS. The Hall–Kier alpha value is -1.69. The normalized spacial score (nSPS) is 17.4. The van der Waals surface area contributed by atoms with Gasteiger partial charge in [0, 0.05) is 32.7 Å². The molecule has 0 radical (unpaired) electrons. The van der Waals surface area contributed by atoms with E-state index >= 15 is 0 Å².